The Balaban J connectivity index is 1.94. The molecule has 2 aliphatic rings. The Morgan fingerprint density at radius 3 is 2.28 bits per heavy atom. The number of carbonyl (C=O) groups excluding carboxylic acids is 2. The summed E-state index contributed by atoms with van der Waals surface area (Å²) in [7, 11) is 1.50. The van der Waals surface area contributed by atoms with E-state index in [1.54, 1.807) is 6.07 Å². The first-order valence-electron chi connectivity index (χ1n) is 8.36. The van der Waals surface area contributed by atoms with Crippen molar-refractivity contribution in [2.45, 2.75) is 24.9 Å². The van der Waals surface area contributed by atoms with E-state index in [9.17, 15) is 14.7 Å². The molecule has 0 unspecified atom stereocenters. The molecular weight excluding hydrogens is 316 g/mol. The Hall–Kier alpha value is -2.72. The number of ether oxygens (including phenoxy) is 1. The van der Waals surface area contributed by atoms with Crippen LogP contribution in [0.5, 0.6) is 5.75 Å². The summed E-state index contributed by atoms with van der Waals surface area (Å²) in [6.45, 7) is 0. The number of allylic oxidation sites excluding steroid dienone is 2. The molecule has 2 aromatic rings. The van der Waals surface area contributed by atoms with Crippen molar-refractivity contribution in [3.63, 3.8) is 0 Å². The monoisotopic (exact) mass is 334 g/mol. The minimum Gasteiger partial charge on any atom is -0.496 e. The summed E-state index contributed by atoms with van der Waals surface area (Å²) in [5.41, 5.74) is 3.52. The highest BCUT2D eigenvalue weighted by Crippen LogP contribution is 2.44. The molecule has 0 amide bonds. The molecule has 2 atom stereocenters. The van der Waals surface area contributed by atoms with Crippen molar-refractivity contribution in [2.75, 3.05) is 7.11 Å². The van der Waals surface area contributed by atoms with Crippen LogP contribution in [0.1, 0.15) is 62.3 Å². The van der Waals surface area contributed by atoms with E-state index >= 15 is 0 Å². The fourth-order valence-electron chi connectivity index (χ4n) is 3.98. The highest BCUT2D eigenvalue weighted by Gasteiger charge is 2.33. The van der Waals surface area contributed by atoms with Gasteiger partial charge in [-0.25, -0.2) is 0 Å². The number of benzene rings is 2. The van der Waals surface area contributed by atoms with E-state index in [0.29, 0.717) is 23.3 Å². The smallest absolute Gasteiger partial charge is 0.190 e. The van der Waals surface area contributed by atoms with Crippen LogP contribution in [-0.2, 0) is 0 Å². The van der Waals surface area contributed by atoms with Crippen molar-refractivity contribution >= 4 is 11.6 Å². The molecule has 2 aromatic carbocycles. The minimum absolute atomic E-state index is 0.0255. The molecule has 4 nitrogen and oxygen atoms in total. The Bertz CT molecular complexity index is 910. The fraction of sp³-hybridized carbons (Fsp3) is 0.238. The summed E-state index contributed by atoms with van der Waals surface area (Å²) < 4.78 is 5.31. The first-order valence-corrected chi connectivity index (χ1v) is 8.36. The average molecular weight is 334 g/mol. The zero-order valence-electron chi connectivity index (χ0n) is 13.9. The third kappa shape index (κ3) is 2.41. The lowest BCUT2D eigenvalue weighted by molar-refractivity contribution is 0.0990. The number of fused-ring (bicyclic) bond motifs is 2. The van der Waals surface area contributed by atoms with Crippen LogP contribution in [0.4, 0.5) is 0 Å². The summed E-state index contributed by atoms with van der Waals surface area (Å²) in [5, 5.41) is 10.3. The summed E-state index contributed by atoms with van der Waals surface area (Å²) in [6, 6.07) is 11.4. The quantitative estimate of drug-likeness (QED) is 0.911. The second kappa shape index (κ2) is 5.97. The Morgan fingerprint density at radius 2 is 1.56 bits per heavy atom. The van der Waals surface area contributed by atoms with Gasteiger partial charge in [-0.05, 0) is 47.8 Å². The summed E-state index contributed by atoms with van der Waals surface area (Å²) in [5.74, 6) is 0.0117. The predicted molar refractivity (Wildman–Crippen MR) is 93.3 cm³/mol. The van der Waals surface area contributed by atoms with Crippen LogP contribution in [0.3, 0.4) is 0 Å². The van der Waals surface area contributed by atoms with Gasteiger partial charge in [0.25, 0.3) is 0 Å². The lowest BCUT2D eigenvalue weighted by Crippen LogP contribution is -2.21. The van der Waals surface area contributed by atoms with Crippen LogP contribution in [0.15, 0.2) is 48.6 Å². The van der Waals surface area contributed by atoms with Gasteiger partial charge in [-0.1, -0.05) is 30.3 Å². The van der Waals surface area contributed by atoms with E-state index in [1.165, 1.54) is 19.3 Å². The molecule has 4 heteroatoms. The van der Waals surface area contributed by atoms with Gasteiger partial charge in [0, 0.05) is 11.5 Å². The van der Waals surface area contributed by atoms with E-state index in [0.717, 1.165) is 23.1 Å². The SMILES string of the molecule is COc1ccc([C@@H]2CC[C@@H](O)c3ccccc32)c2c1C(=O)C=CC2=O. The van der Waals surface area contributed by atoms with Crippen molar-refractivity contribution in [3.8, 4) is 5.75 Å². The molecule has 0 bridgehead atoms. The van der Waals surface area contributed by atoms with Crippen LogP contribution in [0, 0.1) is 0 Å². The fourth-order valence-corrected chi connectivity index (χ4v) is 3.98. The molecule has 0 aromatic heterocycles. The van der Waals surface area contributed by atoms with Crippen LogP contribution in [-0.4, -0.2) is 23.8 Å². The number of hydrogen-bond donors (Lipinski definition) is 1. The van der Waals surface area contributed by atoms with Gasteiger partial charge in [0.2, 0.25) is 0 Å². The maximum Gasteiger partial charge on any atom is 0.190 e. The zero-order valence-corrected chi connectivity index (χ0v) is 13.9. The molecule has 0 saturated heterocycles. The lowest BCUT2D eigenvalue weighted by Gasteiger charge is -2.31. The standard InChI is InChI=1S/C21H18O4/c1-25-19-11-7-15(20-17(23)9-10-18(24)21(19)20)13-6-8-16(22)14-5-3-2-4-12(13)14/h2-5,7,9-11,13,16,22H,6,8H2,1H3/t13-,16-/m1/s1. The number of aliphatic hydroxyl groups excluding tert-OH is 1. The molecule has 1 N–H and O–H groups in total. The first kappa shape index (κ1) is 15.8. The summed E-state index contributed by atoms with van der Waals surface area (Å²) in [4.78, 5) is 25.0. The maximum atomic E-state index is 12.6. The van der Waals surface area contributed by atoms with Crippen molar-refractivity contribution < 1.29 is 19.4 Å². The zero-order chi connectivity index (χ0) is 17.6. The second-order valence-electron chi connectivity index (χ2n) is 6.44. The second-order valence-corrected chi connectivity index (χ2v) is 6.44. The molecule has 0 radical (unpaired) electrons. The third-order valence-electron chi connectivity index (χ3n) is 5.13. The maximum absolute atomic E-state index is 12.6. The predicted octanol–water partition coefficient (Wildman–Crippen LogP) is 3.59. The van der Waals surface area contributed by atoms with E-state index < -0.39 is 6.10 Å². The van der Waals surface area contributed by atoms with Crippen LogP contribution < -0.4 is 4.74 Å². The highest BCUT2D eigenvalue weighted by molar-refractivity contribution is 6.23. The van der Waals surface area contributed by atoms with Crippen molar-refractivity contribution in [1.82, 2.24) is 0 Å². The normalized spacial score (nSPS) is 21.7. The summed E-state index contributed by atoms with van der Waals surface area (Å²) in [6.07, 6.45) is 3.49. The number of ketones is 2. The number of aliphatic hydroxyl groups is 1. The van der Waals surface area contributed by atoms with E-state index in [4.69, 9.17) is 4.74 Å². The molecule has 0 heterocycles. The number of carbonyl (C=O) groups is 2. The molecule has 25 heavy (non-hydrogen) atoms. The molecule has 126 valence electrons. The molecular formula is C21H18O4. The molecule has 0 saturated carbocycles. The molecule has 4 rings (SSSR count). The van der Waals surface area contributed by atoms with Gasteiger partial charge in [-0.15, -0.1) is 0 Å². The van der Waals surface area contributed by atoms with E-state index in [2.05, 4.69) is 0 Å². The van der Waals surface area contributed by atoms with E-state index in [1.807, 2.05) is 30.3 Å². The van der Waals surface area contributed by atoms with Crippen LogP contribution in [0.25, 0.3) is 0 Å². The third-order valence-corrected chi connectivity index (χ3v) is 5.13. The average Bonchev–Trinajstić information content (AvgIpc) is 2.64. The van der Waals surface area contributed by atoms with E-state index in [-0.39, 0.29) is 17.5 Å². The molecule has 0 aliphatic heterocycles. The lowest BCUT2D eigenvalue weighted by atomic mass is 9.74. The van der Waals surface area contributed by atoms with Gasteiger partial charge < -0.3 is 9.84 Å². The molecule has 0 spiro atoms. The van der Waals surface area contributed by atoms with Gasteiger partial charge in [-0.3, -0.25) is 9.59 Å². The van der Waals surface area contributed by atoms with Crippen molar-refractivity contribution in [2.24, 2.45) is 0 Å². The minimum atomic E-state index is -0.487. The Labute approximate surface area is 145 Å². The molecule has 2 aliphatic carbocycles. The van der Waals surface area contributed by atoms with Crippen LogP contribution >= 0.6 is 0 Å². The van der Waals surface area contributed by atoms with Crippen molar-refractivity contribution in [1.29, 1.82) is 0 Å². The highest BCUT2D eigenvalue weighted by atomic mass is 16.5. The number of methoxy groups -OCH3 is 1. The summed E-state index contributed by atoms with van der Waals surface area (Å²) >= 11 is 0. The van der Waals surface area contributed by atoms with Gasteiger partial charge >= 0.3 is 0 Å². The van der Waals surface area contributed by atoms with Crippen molar-refractivity contribution in [3.05, 3.63) is 76.4 Å². The van der Waals surface area contributed by atoms with Crippen LogP contribution in [0.2, 0.25) is 0 Å². The Morgan fingerprint density at radius 1 is 0.880 bits per heavy atom. The topological polar surface area (TPSA) is 63.6 Å². The van der Waals surface area contributed by atoms with Gasteiger partial charge in [-0.2, -0.15) is 0 Å². The number of hydrogen-bond acceptors (Lipinski definition) is 4. The largest absolute Gasteiger partial charge is 0.496 e. The number of rotatable bonds is 2. The Kier molecular flexibility index (Phi) is 3.77. The molecule has 0 fully saturated rings. The van der Waals surface area contributed by atoms with Gasteiger partial charge in [0.1, 0.15) is 5.75 Å². The van der Waals surface area contributed by atoms with Gasteiger partial charge in [0.05, 0.1) is 18.8 Å². The van der Waals surface area contributed by atoms with Gasteiger partial charge in [0.15, 0.2) is 11.6 Å². The first-order chi connectivity index (χ1) is 12.1.